The van der Waals surface area contributed by atoms with E-state index in [9.17, 15) is 0 Å². The lowest BCUT2D eigenvalue weighted by molar-refractivity contribution is 0.438. The maximum Gasteiger partial charge on any atom is 0.225 e. The highest BCUT2D eigenvalue weighted by atomic mass is 16.5. The predicted octanol–water partition coefficient (Wildman–Crippen LogP) is 3.43. The monoisotopic (exact) mass is 230 g/mol. The van der Waals surface area contributed by atoms with Gasteiger partial charge in [0, 0.05) is 11.1 Å². The lowest BCUT2D eigenvalue weighted by Crippen LogP contribution is -1.99. The zero-order valence-corrected chi connectivity index (χ0v) is 10.5. The largest absolute Gasteiger partial charge is 0.367 e. The van der Waals surface area contributed by atoms with E-state index in [1.807, 2.05) is 12.1 Å². The molecule has 3 nitrogen and oxygen atoms in total. The summed E-state index contributed by atoms with van der Waals surface area (Å²) in [6.45, 7) is 6.39. The minimum absolute atomic E-state index is 0.442. The quantitative estimate of drug-likeness (QED) is 0.878. The maximum absolute atomic E-state index is 5.85. The fourth-order valence-electron chi connectivity index (χ4n) is 1.98. The van der Waals surface area contributed by atoms with Crippen LogP contribution in [0.5, 0.6) is 0 Å². The van der Waals surface area contributed by atoms with Crippen LogP contribution in [-0.4, -0.2) is 5.16 Å². The number of rotatable bonds is 3. The van der Waals surface area contributed by atoms with E-state index in [4.69, 9.17) is 10.3 Å². The Morgan fingerprint density at radius 1 is 1.29 bits per heavy atom. The molecule has 3 heteroatoms. The van der Waals surface area contributed by atoms with Crippen molar-refractivity contribution in [3.63, 3.8) is 0 Å². The fourth-order valence-corrected chi connectivity index (χ4v) is 1.98. The summed E-state index contributed by atoms with van der Waals surface area (Å²) in [7, 11) is 0. The maximum atomic E-state index is 5.85. The zero-order chi connectivity index (χ0) is 12.4. The second-order valence-corrected chi connectivity index (χ2v) is 4.79. The molecule has 1 aromatic carbocycles. The van der Waals surface area contributed by atoms with Crippen LogP contribution in [0.25, 0.3) is 11.3 Å². The number of nitrogens with zero attached hydrogens (tertiary/aromatic N) is 1. The molecule has 0 unspecified atom stereocenters. The normalized spacial score (nSPS) is 11.1. The highest BCUT2D eigenvalue weighted by Gasteiger charge is 2.17. The summed E-state index contributed by atoms with van der Waals surface area (Å²) in [6, 6.07) is 8.15. The van der Waals surface area contributed by atoms with Crippen LogP contribution >= 0.6 is 0 Å². The van der Waals surface area contributed by atoms with Gasteiger partial charge in [0.05, 0.1) is 0 Å². The first-order chi connectivity index (χ1) is 8.09. The van der Waals surface area contributed by atoms with Crippen molar-refractivity contribution in [1.82, 2.24) is 5.16 Å². The Hall–Kier alpha value is -1.77. The average molecular weight is 230 g/mol. The van der Waals surface area contributed by atoms with E-state index in [1.54, 1.807) is 0 Å². The third-order valence-corrected chi connectivity index (χ3v) is 2.83. The standard InChI is InChI=1S/C14H18N2O/c1-9(2)8-12-13(16-17-14(12)15)11-7-5-4-6-10(11)3/h4-7,9H,8,15H2,1-3H3. The third-order valence-electron chi connectivity index (χ3n) is 2.83. The molecule has 0 saturated carbocycles. The number of nitrogens with two attached hydrogens (primary N) is 1. The molecule has 0 radical (unpaired) electrons. The molecule has 2 aromatic rings. The SMILES string of the molecule is Cc1ccccc1-c1noc(N)c1CC(C)C. The summed E-state index contributed by atoms with van der Waals surface area (Å²) >= 11 is 0. The number of aromatic nitrogens is 1. The van der Waals surface area contributed by atoms with Crippen molar-refractivity contribution in [1.29, 1.82) is 0 Å². The van der Waals surface area contributed by atoms with Gasteiger partial charge in [-0.3, -0.25) is 0 Å². The van der Waals surface area contributed by atoms with E-state index in [0.717, 1.165) is 23.2 Å². The molecule has 0 bridgehead atoms. The Bertz CT molecular complexity index is 515. The summed E-state index contributed by atoms with van der Waals surface area (Å²) in [4.78, 5) is 0. The molecular formula is C14H18N2O. The van der Waals surface area contributed by atoms with E-state index in [1.165, 1.54) is 5.56 Å². The van der Waals surface area contributed by atoms with Gasteiger partial charge in [0.1, 0.15) is 5.69 Å². The number of benzene rings is 1. The Kier molecular flexibility index (Phi) is 3.18. The van der Waals surface area contributed by atoms with Gasteiger partial charge in [-0.05, 0) is 24.8 Å². The molecule has 2 rings (SSSR count). The van der Waals surface area contributed by atoms with Gasteiger partial charge in [-0.2, -0.15) is 0 Å². The summed E-state index contributed by atoms with van der Waals surface area (Å²) in [6.07, 6.45) is 0.888. The Balaban J connectivity index is 2.49. The van der Waals surface area contributed by atoms with Crippen LogP contribution < -0.4 is 5.73 Å². The van der Waals surface area contributed by atoms with E-state index in [2.05, 4.69) is 38.1 Å². The Labute approximate surface area is 102 Å². The molecule has 0 aliphatic rings. The molecule has 0 amide bonds. The molecule has 0 saturated heterocycles. The Morgan fingerprint density at radius 3 is 2.65 bits per heavy atom. The van der Waals surface area contributed by atoms with Crippen LogP contribution in [0, 0.1) is 12.8 Å². The third kappa shape index (κ3) is 2.33. The first kappa shape index (κ1) is 11.7. The molecule has 0 fully saturated rings. The number of hydrogen-bond donors (Lipinski definition) is 1. The second-order valence-electron chi connectivity index (χ2n) is 4.79. The van der Waals surface area contributed by atoms with Crippen LogP contribution in [0.1, 0.15) is 25.0 Å². The van der Waals surface area contributed by atoms with Crippen LogP contribution in [0.15, 0.2) is 28.8 Å². The van der Waals surface area contributed by atoms with Gasteiger partial charge in [0.25, 0.3) is 0 Å². The van der Waals surface area contributed by atoms with Crippen LogP contribution in [0.2, 0.25) is 0 Å². The number of nitrogen functional groups attached to an aromatic ring is 1. The first-order valence-corrected chi connectivity index (χ1v) is 5.89. The summed E-state index contributed by atoms with van der Waals surface area (Å²) in [5, 5.41) is 4.10. The predicted molar refractivity (Wildman–Crippen MR) is 69.6 cm³/mol. The average Bonchev–Trinajstić information content (AvgIpc) is 2.61. The zero-order valence-electron chi connectivity index (χ0n) is 10.5. The molecule has 90 valence electrons. The van der Waals surface area contributed by atoms with E-state index < -0.39 is 0 Å². The molecule has 1 aromatic heterocycles. The number of hydrogen-bond acceptors (Lipinski definition) is 3. The number of anilines is 1. The van der Waals surface area contributed by atoms with Crippen molar-refractivity contribution in [3.05, 3.63) is 35.4 Å². The van der Waals surface area contributed by atoms with Crippen LogP contribution in [0.3, 0.4) is 0 Å². The van der Waals surface area contributed by atoms with Gasteiger partial charge < -0.3 is 10.3 Å². The molecule has 0 spiro atoms. The van der Waals surface area contributed by atoms with Gasteiger partial charge in [0.2, 0.25) is 5.88 Å². The summed E-state index contributed by atoms with van der Waals surface area (Å²) < 4.78 is 5.13. The minimum Gasteiger partial charge on any atom is -0.367 e. The minimum atomic E-state index is 0.442. The number of aryl methyl sites for hydroxylation is 1. The van der Waals surface area contributed by atoms with Crippen LogP contribution in [-0.2, 0) is 6.42 Å². The molecule has 0 atom stereocenters. The molecule has 0 aliphatic heterocycles. The Morgan fingerprint density at radius 2 is 2.00 bits per heavy atom. The lowest BCUT2D eigenvalue weighted by Gasteiger charge is -2.07. The van der Waals surface area contributed by atoms with E-state index >= 15 is 0 Å². The summed E-state index contributed by atoms with van der Waals surface area (Å²) in [5.74, 6) is 0.969. The van der Waals surface area contributed by atoms with Crippen LogP contribution in [0.4, 0.5) is 5.88 Å². The van der Waals surface area contributed by atoms with Crippen molar-refractivity contribution < 1.29 is 4.52 Å². The fraction of sp³-hybridized carbons (Fsp3) is 0.357. The van der Waals surface area contributed by atoms with Crippen molar-refractivity contribution in [2.75, 3.05) is 5.73 Å². The topological polar surface area (TPSA) is 52.0 Å². The van der Waals surface area contributed by atoms with Crippen molar-refractivity contribution in [3.8, 4) is 11.3 Å². The molecule has 17 heavy (non-hydrogen) atoms. The molecule has 0 aliphatic carbocycles. The second kappa shape index (κ2) is 4.62. The first-order valence-electron chi connectivity index (χ1n) is 5.89. The molecule has 2 N–H and O–H groups in total. The van der Waals surface area contributed by atoms with Gasteiger partial charge in [-0.1, -0.05) is 43.3 Å². The van der Waals surface area contributed by atoms with E-state index in [0.29, 0.717) is 11.8 Å². The van der Waals surface area contributed by atoms with Gasteiger partial charge in [-0.25, -0.2) is 0 Å². The highest BCUT2D eigenvalue weighted by molar-refractivity contribution is 5.69. The van der Waals surface area contributed by atoms with Crippen molar-refractivity contribution in [2.24, 2.45) is 5.92 Å². The van der Waals surface area contributed by atoms with Crippen molar-refractivity contribution in [2.45, 2.75) is 27.2 Å². The molecule has 1 heterocycles. The van der Waals surface area contributed by atoms with Gasteiger partial charge in [0.15, 0.2) is 0 Å². The molecular weight excluding hydrogens is 212 g/mol. The van der Waals surface area contributed by atoms with Crippen molar-refractivity contribution >= 4 is 5.88 Å². The smallest absolute Gasteiger partial charge is 0.225 e. The van der Waals surface area contributed by atoms with E-state index in [-0.39, 0.29) is 0 Å². The summed E-state index contributed by atoms with van der Waals surface area (Å²) in [5.41, 5.74) is 10.0. The van der Waals surface area contributed by atoms with Gasteiger partial charge in [-0.15, -0.1) is 0 Å². The lowest BCUT2D eigenvalue weighted by atomic mass is 9.97. The highest BCUT2D eigenvalue weighted by Crippen LogP contribution is 2.30. The van der Waals surface area contributed by atoms with Gasteiger partial charge >= 0.3 is 0 Å².